The van der Waals surface area contributed by atoms with Gasteiger partial charge in [-0.1, -0.05) is 19.1 Å². The van der Waals surface area contributed by atoms with Crippen molar-refractivity contribution < 1.29 is 8.42 Å². The summed E-state index contributed by atoms with van der Waals surface area (Å²) >= 11 is 0. The number of hydrogen-bond acceptors (Lipinski definition) is 3. The minimum absolute atomic E-state index is 0.372. The summed E-state index contributed by atoms with van der Waals surface area (Å²) in [6.07, 6.45) is 2.92. The molecular formula is C16H26N2O2S. The third-order valence-electron chi connectivity index (χ3n) is 4.18. The highest BCUT2D eigenvalue weighted by Gasteiger charge is 2.40. The first-order chi connectivity index (χ1) is 9.80. The van der Waals surface area contributed by atoms with Gasteiger partial charge in [0.2, 0.25) is 10.0 Å². The highest BCUT2D eigenvalue weighted by atomic mass is 32.2. The van der Waals surface area contributed by atoms with Gasteiger partial charge in [-0.2, -0.15) is 0 Å². The molecule has 0 amide bonds. The molecule has 0 saturated heterocycles. The first kappa shape index (κ1) is 16.5. The quantitative estimate of drug-likeness (QED) is 0.813. The van der Waals surface area contributed by atoms with Crippen molar-refractivity contribution in [2.24, 2.45) is 5.92 Å². The number of aryl methyl sites for hydroxylation is 1. The normalized spacial score (nSPS) is 16.2. The number of hydrogen-bond donors (Lipinski definition) is 2. The molecule has 21 heavy (non-hydrogen) atoms. The van der Waals surface area contributed by atoms with Crippen LogP contribution in [0.15, 0.2) is 23.1 Å². The van der Waals surface area contributed by atoms with Crippen LogP contribution < -0.4 is 10.0 Å². The fourth-order valence-electron chi connectivity index (χ4n) is 2.74. The predicted octanol–water partition coefficient (Wildman–Crippen LogP) is 2.44. The second-order valence-corrected chi connectivity index (χ2v) is 8.08. The monoisotopic (exact) mass is 310 g/mol. The van der Waals surface area contributed by atoms with E-state index in [2.05, 4.69) is 10.0 Å². The Morgan fingerprint density at radius 1 is 1.29 bits per heavy atom. The molecular weight excluding hydrogens is 284 g/mol. The molecule has 118 valence electrons. The van der Waals surface area contributed by atoms with E-state index in [1.54, 1.807) is 6.07 Å². The Morgan fingerprint density at radius 3 is 2.48 bits per heavy atom. The van der Waals surface area contributed by atoms with Crippen LogP contribution in [0.2, 0.25) is 0 Å². The summed E-state index contributed by atoms with van der Waals surface area (Å²) in [5.74, 6) is 0.456. The Morgan fingerprint density at radius 2 is 1.95 bits per heavy atom. The second kappa shape index (κ2) is 6.07. The van der Waals surface area contributed by atoms with Gasteiger partial charge in [-0.25, -0.2) is 13.1 Å². The van der Waals surface area contributed by atoms with E-state index in [1.807, 2.05) is 40.0 Å². The number of benzene rings is 1. The molecule has 0 radical (unpaired) electrons. The zero-order chi connectivity index (χ0) is 15.7. The molecule has 1 aromatic carbocycles. The zero-order valence-corrected chi connectivity index (χ0v) is 14.2. The third-order valence-corrected chi connectivity index (χ3v) is 5.93. The highest BCUT2D eigenvalue weighted by molar-refractivity contribution is 7.89. The molecule has 0 aromatic heterocycles. The van der Waals surface area contributed by atoms with Crippen LogP contribution in [0.3, 0.4) is 0 Å². The van der Waals surface area contributed by atoms with Crippen molar-refractivity contribution in [3.8, 4) is 0 Å². The number of sulfonamides is 1. The first-order valence-electron chi connectivity index (χ1n) is 7.60. The van der Waals surface area contributed by atoms with E-state index < -0.39 is 10.0 Å². The van der Waals surface area contributed by atoms with Gasteiger partial charge in [-0.15, -0.1) is 0 Å². The van der Waals surface area contributed by atoms with Crippen LogP contribution in [0.4, 0.5) is 0 Å². The van der Waals surface area contributed by atoms with Crippen LogP contribution in [0, 0.1) is 5.92 Å². The van der Waals surface area contributed by atoms with Gasteiger partial charge in [0.1, 0.15) is 0 Å². The van der Waals surface area contributed by atoms with E-state index >= 15 is 0 Å². The lowest BCUT2D eigenvalue weighted by atomic mass is 10.0. The predicted molar refractivity (Wildman–Crippen MR) is 85.7 cm³/mol. The van der Waals surface area contributed by atoms with Crippen molar-refractivity contribution in [3.63, 3.8) is 0 Å². The van der Waals surface area contributed by atoms with Crippen LogP contribution in [-0.2, 0) is 23.0 Å². The average molecular weight is 310 g/mol. The van der Waals surface area contributed by atoms with E-state index in [1.165, 1.54) is 0 Å². The lowest BCUT2D eigenvalue weighted by Crippen LogP contribution is -2.45. The lowest BCUT2D eigenvalue weighted by molar-refractivity contribution is 0.400. The van der Waals surface area contributed by atoms with Gasteiger partial charge in [0.15, 0.2) is 0 Å². The van der Waals surface area contributed by atoms with Gasteiger partial charge < -0.3 is 5.32 Å². The van der Waals surface area contributed by atoms with Gasteiger partial charge in [-0.3, -0.25) is 0 Å². The van der Waals surface area contributed by atoms with E-state index in [4.69, 9.17) is 0 Å². The van der Waals surface area contributed by atoms with Crippen molar-refractivity contribution in [2.75, 3.05) is 7.05 Å². The summed E-state index contributed by atoms with van der Waals surface area (Å²) in [5.41, 5.74) is 1.48. The van der Waals surface area contributed by atoms with Gasteiger partial charge >= 0.3 is 0 Å². The van der Waals surface area contributed by atoms with Gasteiger partial charge in [0, 0.05) is 12.1 Å². The maximum Gasteiger partial charge on any atom is 0.241 e. The molecule has 1 fully saturated rings. The van der Waals surface area contributed by atoms with Crippen LogP contribution in [0.25, 0.3) is 0 Å². The Kier molecular flexibility index (Phi) is 4.76. The van der Waals surface area contributed by atoms with Gasteiger partial charge in [-0.05, 0) is 63.3 Å². The summed E-state index contributed by atoms with van der Waals surface area (Å²) in [6, 6.07) is 5.70. The molecule has 0 spiro atoms. The molecule has 1 aromatic rings. The standard InChI is InChI=1S/C16H26N2O2S/c1-5-13-7-6-12(11-17-4)10-15(13)21(19,20)18-16(2,3)14-8-9-14/h6-7,10,14,17-18H,5,8-9,11H2,1-4H3. The largest absolute Gasteiger partial charge is 0.316 e. The fourth-order valence-corrected chi connectivity index (χ4v) is 4.58. The van der Waals surface area contributed by atoms with Gasteiger partial charge in [0.25, 0.3) is 0 Å². The first-order valence-corrected chi connectivity index (χ1v) is 9.09. The van der Waals surface area contributed by atoms with Crippen molar-refractivity contribution in [3.05, 3.63) is 29.3 Å². The fraction of sp³-hybridized carbons (Fsp3) is 0.625. The molecule has 0 atom stereocenters. The highest BCUT2D eigenvalue weighted by Crippen LogP contribution is 2.40. The van der Waals surface area contributed by atoms with Crippen molar-refractivity contribution in [1.82, 2.24) is 10.0 Å². The molecule has 1 aliphatic carbocycles. The van der Waals surface area contributed by atoms with Crippen molar-refractivity contribution in [1.29, 1.82) is 0 Å². The Bertz CT molecular complexity index is 605. The van der Waals surface area contributed by atoms with E-state index in [9.17, 15) is 8.42 Å². The molecule has 2 N–H and O–H groups in total. The van der Waals surface area contributed by atoms with E-state index in [0.29, 0.717) is 23.8 Å². The van der Waals surface area contributed by atoms with Crippen LogP contribution in [0.5, 0.6) is 0 Å². The van der Waals surface area contributed by atoms with Crippen LogP contribution in [-0.4, -0.2) is 21.0 Å². The maximum absolute atomic E-state index is 12.8. The molecule has 0 unspecified atom stereocenters. The third kappa shape index (κ3) is 3.84. The lowest BCUT2D eigenvalue weighted by Gasteiger charge is -2.26. The zero-order valence-electron chi connectivity index (χ0n) is 13.4. The SMILES string of the molecule is CCc1ccc(CNC)cc1S(=O)(=O)NC(C)(C)C1CC1. The molecule has 0 heterocycles. The molecule has 0 bridgehead atoms. The second-order valence-electron chi connectivity index (χ2n) is 6.43. The summed E-state index contributed by atoms with van der Waals surface area (Å²) in [5, 5.41) is 3.06. The average Bonchev–Trinajstić information content (AvgIpc) is 3.22. The Labute approximate surface area is 128 Å². The summed E-state index contributed by atoms with van der Waals surface area (Å²) in [7, 11) is -1.63. The molecule has 4 nitrogen and oxygen atoms in total. The van der Waals surface area contributed by atoms with Crippen LogP contribution in [0.1, 0.15) is 44.7 Å². The van der Waals surface area contributed by atoms with Crippen LogP contribution >= 0.6 is 0 Å². The van der Waals surface area contributed by atoms with Crippen molar-refractivity contribution in [2.45, 2.75) is 57.0 Å². The minimum atomic E-state index is -3.48. The Balaban J connectivity index is 2.35. The van der Waals surface area contributed by atoms with E-state index in [0.717, 1.165) is 24.0 Å². The minimum Gasteiger partial charge on any atom is -0.316 e. The smallest absolute Gasteiger partial charge is 0.241 e. The summed E-state index contributed by atoms with van der Waals surface area (Å²) in [6.45, 7) is 6.60. The number of rotatable bonds is 7. The molecule has 1 aliphatic rings. The maximum atomic E-state index is 12.8. The molecule has 5 heteroatoms. The topological polar surface area (TPSA) is 58.2 Å². The van der Waals surface area contributed by atoms with E-state index in [-0.39, 0.29) is 5.54 Å². The summed E-state index contributed by atoms with van der Waals surface area (Å²) in [4.78, 5) is 0.423. The number of nitrogens with one attached hydrogen (secondary N) is 2. The summed E-state index contributed by atoms with van der Waals surface area (Å²) < 4.78 is 28.5. The van der Waals surface area contributed by atoms with Crippen molar-refractivity contribution >= 4 is 10.0 Å². The molecule has 0 aliphatic heterocycles. The molecule has 2 rings (SSSR count). The molecule has 1 saturated carbocycles. The Hall–Kier alpha value is -0.910. The van der Waals surface area contributed by atoms with Gasteiger partial charge in [0.05, 0.1) is 4.90 Å².